The van der Waals surface area contributed by atoms with Crippen LogP contribution in [0.15, 0.2) is 16.5 Å². The molecule has 0 aromatic carbocycles. The second kappa shape index (κ2) is 4.37. The summed E-state index contributed by atoms with van der Waals surface area (Å²) in [6.07, 6.45) is 5.18. The van der Waals surface area contributed by atoms with Crippen LogP contribution < -0.4 is 5.32 Å². The fourth-order valence-corrected chi connectivity index (χ4v) is 4.72. The summed E-state index contributed by atoms with van der Waals surface area (Å²) >= 11 is 0. The van der Waals surface area contributed by atoms with E-state index in [0.29, 0.717) is 16.9 Å². The molecule has 2 fully saturated rings. The monoisotopic (exact) mass is 261 g/mol. The van der Waals surface area contributed by atoms with Crippen LogP contribution in [0.1, 0.15) is 58.5 Å². The largest absolute Gasteiger partial charge is 0.465 e. The minimum Gasteiger partial charge on any atom is -0.465 e. The molecule has 2 aliphatic carbocycles. The van der Waals surface area contributed by atoms with Crippen molar-refractivity contribution in [3.63, 3.8) is 0 Å². The van der Waals surface area contributed by atoms with Gasteiger partial charge in [0.15, 0.2) is 0 Å². The Bertz CT molecular complexity index is 457. The Morgan fingerprint density at radius 3 is 2.58 bits per heavy atom. The summed E-state index contributed by atoms with van der Waals surface area (Å²) in [5.41, 5.74) is 0.918. The van der Waals surface area contributed by atoms with E-state index in [1.165, 1.54) is 19.3 Å². The summed E-state index contributed by atoms with van der Waals surface area (Å²) in [5.74, 6) is 3.08. The lowest BCUT2D eigenvalue weighted by molar-refractivity contribution is 0.106. The van der Waals surface area contributed by atoms with Crippen LogP contribution in [0.3, 0.4) is 0 Å². The third-order valence-corrected chi connectivity index (χ3v) is 5.82. The van der Waals surface area contributed by atoms with Crippen molar-refractivity contribution < 1.29 is 4.42 Å². The van der Waals surface area contributed by atoms with Gasteiger partial charge < -0.3 is 9.73 Å². The van der Waals surface area contributed by atoms with Gasteiger partial charge in [0.2, 0.25) is 0 Å². The minimum absolute atomic E-state index is 0.424. The molecule has 2 nitrogen and oxygen atoms in total. The highest BCUT2D eigenvalue weighted by Crippen LogP contribution is 2.62. The first-order valence-electron chi connectivity index (χ1n) is 7.77. The highest BCUT2D eigenvalue weighted by Gasteiger charge is 2.58. The molecule has 0 spiro atoms. The molecule has 2 heteroatoms. The Hall–Kier alpha value is -0.760. The standard InChI is InChI=1S/C17H27NO/c1-5-13-6-7-14(19-13)11-18-15-16(2,3)12-8-9-17(15,4)10-12/h6-7,12,15,18H,5,8-11H2,1-4H3. The number of aryl methyl sites for hydroxylation is 1. The van der Waals surface area contributed by atoms with Crippen LogP contribution in [0.5, 0.6) is 0 Å². The van der Waals surface area contributed by atoms with E-state index in [2.05, 4.69) is 45.1 Å². The number of furan rings is 1. The predicted molar refractivity (Wildman–Crippen MR) is 77.9 cm³/mol. The maximum atomic E-state index is 5.81. The summed E-state index contributed by atoms with van der Waals surface area (Å²) in [5, 5.41) is 3.80. The average molecular weight is 261 g/mol. The lowest BCUT2D eigenvalue weighted by Crippen LogP contribution is -2.49. The number of fused-ring (bicyclic) bond motifs is 2. The van der Waals surface area contributed by atoms with Crippen molar-refractivity contribution >= 4 is 0 Å². The molecule has 19 heavy (non-hydrogen) atoms. The molecule has 3 unspecified atom stereocenters. The molecule has 3 rings (SSSR count). The Morgan fingerprint density at radius 2 is 2.00 bits per heavy atom. The molecule has 106 valence electrons. The van der Waals surface area contributed by atoms with Crippen LogP contribution in [0, 0.1) is 16.7 Å². The number of hydrogen-bond acceptors (Lipinski definition) is 2. The van der Waals surface area contributed by atoms with Crippen LogP contribution >= 0.6 is 0 Å². The lowest BCUT2D eigenvalue weighted by Gasteiger charge is -2.43. The Balaban J connectivity index is 1.69. The van der Waals surface area contributed by atoms with Gasteiger partial charge in [0.05, 0.1) is 6.54 Å². The van der Waals surface area contributed by atoms with Crippen LogP contribution in [-0.4, -0.2) is 6.04 Å². The van der Waals surface area contributed by atoms with Crippen LogP contribution in [-0.2, 0) is 13.0 Å². The zero-order valence-electron chi connectivity index (χ0n) is 12.8. The van der Waals surface area contributed by atoms with E-state index in [1.807, 2.05) is 0 Å². The highest BCUT2D eigenvalue weighted by atomic mass is 16.3. The van der Waals surface area contributed by atoms with Crippen molar-refractivity contribution in [2.75, 3.05) is 0 Å². The Labute approximate surface area is 117 Å². The first kappa shape index (κ1) is 13.2. The smallest absolute Gasteiger partial charge is 0.117 e. The first-order valence-corrected chi connectivity index (χ1v) is 7.77. The summed E-state index contributed by atoms with van der Waals surface area (Å²) < 4.78 is 5.81. The topological polar surface area (TPSA) is 25.2 Å². The maximum Gasteiger partial charge on any atom is 0.117 e. The van der Waals surface area contributed by atoms with Crippen LogP contribution in [0.25, 0.3) is 0 Å². The molecule has 3 atom stereocenters. The van der Waals surface area contributed by atoms with Crippen molar-refractivity contribution in [3.05, 3.63) is 23.7 Å². The molecule has 0 aliphatic heterocycles. The molecule has 1 aromatic rings. The number of nitrogens with one attached hydrogen (secondary N) is 1. The zero-order valence-corrected chi connectivity index (χ0v) is 12.8. The molecular formula is C17H27NO. The van der Waals surface area contributed by atoms with Gasteiger partial charge in [-0.05, 0) is 48.1 Å². The fraction of sp³-hybridized carbons (Fsp3) is 0.765. The third kappa shape index (κ3) is 2.05. The van der Waals surface area contributed by atoms with Gasteiger partial charge in [-0.25, -0.2) is 0 Å². The van der Waals surface area contributed by atoms with Crippen molar-refractivity contribution in [3.8, 4) is 0 Å². The van der Waals surface area contributed by atoms with E-state index in [1.54, 1.807) is 0 Å². The summed E-state index contributed by atoms with van der Waals surface area (Å²) in [6, 6.07) is 4.84. The lowest BCUT2D eigenvalue weighted by atomic mass is 9.68. The average Bonchev–Trinajstić information content (AvgIpc) is 2.99. The van der Waals surface area contributed by atoms with E-state index in [0.717, 1.165) is 30.4 Å². The quantitative estimate of drug-likeness (QED) is 0.881. The summed E-state index contributed by atoms with van der Waals surface area (Å²) in [6.45, 7) is 10.4. The highest BCUT2D eigenvalue weighted by molar-refractivity contribution is 5.13. The molecule has 2 bridgehead atoms. The Kier molecular flexibility index (Phi) is 3.05. The third-order valence-electron chi connectivity index (χ3n) is 5.82. The van der Waals surface area contributed by atoms with Crippen molar-refractivity contribution in [2.45, 2.75) is 66.0 Å². The van der Waals surface area contributed by atoms with Gasteiger partial charge in [-0.15, -0.1) is 0 Å². The van der Waals surface area contributed by atoms with Gasteiger partial charge in [-0.2, -0.15) is 0 Å². The zero-order chi connectivity index (χ0) is 13.7. The Morgan fingerprint density at radius 1 is 1.26 bits per heavy atom. The predicted octanol–water partition coefficient (Wildman–Crippen LogP) is 4.15. The first-order chi connectivity index (χ1) is 8.95. The fourth-order valence-electron chi connectivity index (χ4n) is 4.72. The van der Waals surface area contributed by atoms with Gasteiger partial charge in [0, 0.05) is 12.5 Å². The van der Waals surface area contributed by atoms with Gasteiger partial charge in [-0.1, -0.05) is 27.7 Å². The number of rotatable bonds is 4. The van der Waals surface area contributed by atoms with E-state index >= 15 is 0 Å². The van der Waals surface area contributed by atoms with Crippen LogP contribution in [0.4, 0.5) is 0 Å². The normalized spacial score (nSPS) is 36.0. The van der Waals surface area contributed by atoms with E-state index in [9.17, 15) is 0 Å². The molecule has 1 N–H and O–H groups in total. The van der Waals surface area contributed by atoms with Gasteiger partial charge >= 0.3 is 0 Å². The second-order valence-corrected chi connectivity index (χ2v) is 7.45. The van der Waals surface area contributed by atoms with Gasteiger partial charge in [0.1, 0.15) is 11.5 Å². The number of hydrogen-bond donors (Lipinski definition) is 1. The van der Waals surface area contributed by atoms with E-state index in [4.69, 9.17) is 4.42 Å². The SMILES string of the molecule is CCc1ccc(CNC2C3(C)CCC(C3)C2(C)C)o1. The molecule has 0 saturated heterocycles. The molecule has 1 aromatic heterocycles. The van der Waals surface area contributed by atoms with E-state index < -0.39 is 0 Å². The molecule has 1 heterocycles. The van der Waals surface area contributed by atoms with Crippen molar-refractivity contribution in [2.24, 2.45) is 16.7 Å². The second-order valence-electron chi connectivity index (χ2n) is 7.45. The molecule has 2 aliphatic rings. The molecular weight excluding hydrogens is 234 g/mol. The van der Waals surface area contributed by atoms with Gasteiger partial charge in [-0.3, -0.25) is 0 Å². The maximum absolute atomic E-state index is 5.81. The molecule has 0 amide bonds. The van der Waals surface area contributed by atoms with Crippen LogP contribution in [0.2, 0.25) is 0 Å². The van der Waals surface area contributed by atoms with E-state index in [-0.39, 0.29) is 0 Å². The van der Waals surface area contributed by atoms with Gasteiger partial charge in [0.25, 0.3) is 0 Å². The van der Waals surface area contributed by atoms with Crippen molar-refractivity contribution in [1.29, 1.82) is 0 Å². The minimum atomic E-state index is 0.424. The summed E-state index contributed by atoms with van der Waals surface area (Å²) in [4.78, 5) is 0. The molecule has 0 radical (unpaired) electrons. The van der Waals surface area contributed by atoms with Crippen molar-refractivity contribution in [1.82, 2.24) is 5.32 Å². The summed E-state index contributed by atoms with van der Waals surface area (Å²) in [7, 11) is 0. The molecule has 2 saturated carbocycles.